The molecule has 1 amide bonds. The monoisotopic (exact) mass is 191 g/mol. The van der Waals surface area contributed by atoms with E-state index >= 15 is 0 Å². The van der Waals surface area contributed by atoms with E-state index in [2.05, 4.69) is 19.2 Å². The van der Waals surface area contributed by atoms with Crippen molar-refractivity contribution in [2.24, 2.45) is 0 Å². The number of carbonyl (C=O) groups is 1. The maximum Gasteiger partial charge on any atom is 0.162 e. The SMILES string of the molecule is [CH2-]/C=C(\C[CH2-])C(=O)NC.[CH3-].[V]. The molecule has 0 aromatic rings. The van der Waals surface area contributed by atoms with Gasteiger partial charge < -0.3 is 19.7 Å². The number of rotatable bonds is 2. The van der Waals surface area contributed by atoms with E-state index in [4.69, 9.17) is 0 Å². The third-order valence-corrected chi connectivity index (χ3v) is 1.03. The fraction of sp³-hybridized carbons (Fsp3) is 0.250. The van der Waals surface area contributed by atoms with E-state index in [-0.39, 0.29) is 31.9 Å². The smallest absolute Gasteiger partial charge is 0.162 e. The van der Waals surface area contributed by atoms with Crippen molar-refractivity contribution in [3.63, 3.8) is 0 Å². The summed E-state index contributed by atoms with van der Waals surface area (Å²) in [6.45, 7) is 7.02. The van der Waals surface area contributed by atoms with Crippen LogP contribution in [0.25, 0.3) is 0 Å². The molecule has 3 heteroatoms. The number of allylic oxidation sites excluding steroid dienone is 1. The molecule has 1 N–H and O–H groups in total. The molecule has 0 aliphatic rings. The molecule has 65 valence electrons. The van der Waals surface area contributed by atoms with Crippen LogP contribution in [0.1, 0.15) is 6.42 Å². The van der Waals surface area contributed by atoms with Crippen LogP contribution in [-0.4, -0.2) is 13.0 Å². The zero-order valence-electron chi connectivity index (χ0n) is 7.05. The van der Waals surface area contributed by atoms with Crippen molar-refractivity contribution in [3.8, 4) is 0 Å². The summed E-state index contributed by atoms with van der Waals surface area (Å²) in [5.74, 6) is -0.0972. The molecule has 0 aromatic heterocycles. The molecule has 0 saturated heterocycles. The number of nitrogens with one attached hydrogen (secondary N) is 1. The van der Waals surface area contributed by atoms with E-state index in [9.17, 15) is 4.79 Å². The molecular formula is C8H14NOV-3. The van der Waals surface area contributed by atoms with Crippen molar-refractivity contribution >= 4 is 5.91 Å². The molecule has 0 aliphatic heterocycles. The van der Waals surface area contributed by atoms with Gasteiger partial charge in [0, 0.05) is 25.6 Å². The van der Waals surface area contributed by atoms with Crippen LogP contribution in [0.2, 0.25) is 0 Å². The van der Waals surface area contributed by atoms with Crippen LogP contribution in [0.4, 0.5) is 0 Å². The number of amides is 1. The zero-order chi connectivity index (χ0) is 7.28. The van der Waals surface area contributed by atoms with Crippen LogP contribution < -0.4 is 5.32 Å². The van der Waals surface area contributed by atoms with Crippen LogP contribution in [0.15, 0.2) is 11.6 Å². The first-order valence-electron chi connectivity index (χ1n) is 2.75. The molecule has 0 spiro atoms. The van der Waals surface area contributed by atoms with Gasteiger partial charge >= 0.3 is 0 Å². The molecule has 0 aliphatic carbocycles. The van der Waals surface area contributed by atoms with E-state index in [0.29, 0.717) is 12.0 Å². The third-order valence-electron chi connectivity index (χ3n) is 1.03. The van der Waals surface area contributed by atoms with Crippen LogP contribution in [0.5, 0.6) is 0 Å². The Labute approximate surface area is 81.3 Å². The summed E-state index contributed by atoms with van der Waals surface area (Å²) in [4.78, 5) is 10.7. The predicted octanol–water partition coefficient (Wildman–Crippen LogP) is 1.16. The van der Waals surface area contributed by atoms with Gasteiger partial charge in [0.2, 0.25) is 0 Å². The minimum absolute atomic E-state index is 0. The molecular weight excluding hydrogens is 177 g/mol. The summed E-state index contributed by atoms with van der Waals surface area (Å²) in [7, 11) is 1.58. The van der Waals surface area contributed by atoms with Crippen molar-refractivity contribution in [1.29, 1.82) is 0 Å². The number of carbonyl (C=O) groups excluding carboxylic acids is 1. The van der Waals surface area contributed by atoms with Gasteiger partial charge in [0.25, 0.3) is 0 Å². The second kappa shape index (κ2) is 9.66. The van der Waals surface area contributed by atoms with Gasteiger partial charge in [0.1, 0.15) is 0 Å². The summed E-state index contributed by atoms with van der Waals surface area (Å²) in [6.07, 6.45) is 2.01. The van der Waals surface area contributed by atoms with Gasteiger partial charge in [-0.15, -0.1) is 0 Å². The van der Waals surface area contributed by atoms with Gasteiger partial charge in [0.05, 0.1) is 0 Å². The molecule has 1 radical (unpaired) electrons. The average molecular weight is 191 g/mol. The number of hydrogen-bond donors (Lipinski definition) is 1. The topological polar surface area (TPSA) is 29.1 Å². The Balaban J connectivity index is -0.000000320. The Morgan fingerprint density at radius 2 is 2.09 bits per heavy atom. The maximum absolute atomic E-state index is 10.7. The van der Waals surface area contributed by atoms with Crippen molar-refractivity contribution < 1.29 is 23.4 Å². The second-order valence-corrected chi connectivity index (χ2v) is 1.56. The summed E-state index contributed by atoms with van der Waals surface area (Å²) < 4.78 is 0. The molecule has 0 aromatic carbocycles. The summed E-state index contributed by atoms with van der Waals surface area (Å²) in [6, 6.07) is 0. The fourth-order valence-corrected chi connectivity index (χ4v) is 0.469. The Morgan fingerprint density at radius 1 is 1.64 bits per heavy atom. The van der Waals surface area contributed by atoms with E-state index in [0.717, 1.165) is 0 Å². The van der Waals surface area contributed by atoms with Gasteiger partial charge in [-0.3, -0.25) is 4.79 Å². The van der Waals surface area contributed by atoms with Crippen LogP contribution in [0.3, 0.4) is 0 Å². The molecule has 0 fully saturated rings. The third kappa shape index (κ3) is 6.08. The van der Waals surface area contributed by atoms with Crippen LogP contribution >= 0.6 is 0 Å². The quantitative estimate of drug-likeness (QED) is 0.515. The Hall–Kier alpha value is -0.336. The largest absolute Gasteiger partial charge is 0.371 e. The number of likely N-dealkylation sites (N-methyl/N-ethyl adjacent to an activating group) is 1. The first kappa shape index (κ1) is 17.0. The minimum Gasteiger partial charge on any atom is -0.371 e. The Bertz CT molecular complexity index is 132. The predicted molar refractivity (Wildman–Crippen MR) is 43.9 cm³/mol. The summed E-state index contributed by atoms with van der Waals surface area (Å²) >= 11 is 0. The van der Waals surface area contributed by atoms with E-state index < -0.39 is 0 Å². The van der Waals surface area contributed by atoms with E-state index in [1.807, 2.05) is 0 Å². The van der Waals surface area contributed by atoms with E-state index in [1.165, 1.54) is 6.08 Å². The van der Waals surface area contributed by atoms with Gasteiger partial charge in [0.15, 0.2) is 5.91 Å². The summed E-state index contributed by atoms with van der Waals surface area (Å²) in [5.41, 5.74) is 0.623. The molecule has 0 unspecified atom stereocenters. The summed E-state index contributed by atoms with van der Waals surface area (Å²) in [5, 5.41) is 2.48. The minimum atomic E-state index is -0.0972. The molecule has 0 saturated carbocycles. The molecule has 0 bridgehead atoms. The van der Waals surface area contributed by atoms with Crippen LogP contribution in [-0.2, 0) is 23.4 Å². The van der Waals surface area contributed by atoms with Gasteiger partial charge in [-0.1, -0.05) is 0 Å². The average Bonchev–Trinajstić information content (AvgIpc) is 1.90. The second-order valence-electron chi connectivity index (χ2n) is 1.56. The Morgan fingerprint density at radius 3 is 2.18 bits per heavy atom. The Kier molecular flexibility index (Phi) is 14.9. The van der Waals surface area contributed by atoms with Crippen molar-refractivity contribution in [1.82, 2.24) is 5.32 Å². The number of hydrogen-bond acceptors (Lipinski definition) is 1. The normalized spacial score (nSPS) is 9.09. The van der Waals surface area contributed by atoms with E-state index in [1.54, 1.807) is 7.05 Å². The van der Waals surface area contributed by atoms with Gasteiger partial charge in [-0.05, 0) is 0 Å². The molecule has 0 heterocycles. The molecule has 0 atom stereocenters. The molecule has 11 heavy (non-hydrogen) atoms. The fourth-order valence-electron chi connectivity index (χ4n) is 0.469. The van der Waals surface area contributed by atoms with Gasteiger partial charge in [-0.2, -0.15) is 5.57 Å². The standard InChI is InChI=1S/C7H11NO.CH3.V/c1-4-6(5-2)7(9)8-3;;/h4H,1-2,5H2,3H3,(H,8,9);1H3;/q-2;-1;/b6-4+;;. The first-order chi connectivity index (χ1) is 4.26. The van der Waals surface area contributed by atoms with Crippen molar-refractivity contribution in [2.75, 3.05) is 7.05 Å². The zero-order valence-corrected chi connectivity index (χ0v) is 8.45. The first-order valence-corrected chi connectivity index (χ1v) is 2.75. The van der Waals surface area contributed by atoms with Crippen molar-refractivity contribution in [2.45, 2.75) is 6.42 Å². The molecule has 2 nitrogen and oxygen atoms in total. The van der Waals surface area contributed by atoms with Gasteiger partial charge in [-0.25, -0.2) is 19.4 Å². The maximum atomic E-state index is 10.7. The molecule has 0 rings (SSSR count). The van der Waals surface area contributed by atoms with Crippen molar-refractivity contribution in [3.05, 3.63) is 32.9 Å². The van der Waals surface area contributed by atoms with Crippen LogP contribution in [0, 0.1) is 21.3 Å².